The highest BCUT2D eigenvalue weighted by molar-refractivity contribution is 6.35. The number of rotatable bonds is 7. The van der Waals surface area contributed by atoms with Crippen LogP contribution in [0.2, 0.25) is 15.1 Å². The Kier molecular flexibility index (Phi) is 8.11. The molecular formula is C19H17Cl3N2O4. The Morgan fingerprint density at radius 2 is 1.64 bits per heavy atom. The number of hydrogen-bond acceptors (Lipinski definition) is 4. The average Bonchev–Trinajstić information content (AvgIpc) is 2.64. The van der Waals surface area contributed by atoms with Gasteiger partial charge in [-0.2, -0.15) is 0 Å². The predicted molar refractivity (Wildman–Crippen MR) is 110 cm³/mol. The van der Waals surface area contributed by atoms with Gasteiger partial charge in [-0.15, -0.1) is 0 Å². The molecule has 2 amide bonds. The van der Waals surface area contributed by atoms with Crippen LogP contribution in [0.4, 0.5) is 11.4 Å². The number of ether oxygens (including phenoxy) is 1. The summed E-state index contributed by atoms with van der Waals surface area (Å²) in [6.07, 6.45) is -0.315. The van der Waals surface area contributed by atoms with E-state index in [1.165, 1.54) is 6.07 Å². The largest absolute Gasteiger partial charge is 0.456 e. The maximum Gasteiger partial charge on any atom is 0.306 e. The van der Waals surface area contributed by atoms with Crippen molar-refractivity contribution in [1.82, 2.24) is 0 Å². The summed E-state index contributed by atoms with van der Waals surface area (Å²) in [6.45, 7) is 1.37. The fourth-order valence-electron chi connectivity index (χ4n) is 2.11. The van der Waals surface area contributed by atoms with Crippen LogP contribution in [0.25, 0.3) is 0 Å². The van der Waals surface area contributed by atoms with Gasteiger partial charge in [0.05, 0.1) is 17.1 Å². The summed E-state index contributed by atoms with van der Waals surface area (Å²) in [5.74, 6) is -1.62. The molecule has 2 rings (SSSR count). The first-order valence-electron chi connectivity index (χ1n) is 8.21. The Labute approximate surface area is 177 Å². The first kappa shape index (κ1) is 22.0. The number of carbonyl (C=O) groups is 3. The van der Waals surface area contributed by atoms with E-state index in [-0.39, 0.29) is 12.8 Å². The molecule has 0 bridgehead atoms. The molecule has 6 nitrogen and oxygen atoms in total. The van der Waals surface area contributed by atoms with Gasteiger partial charge >= 0.3 is 5.97 Å². The van der Waals surface area contributed by atoms with E-state index in [2.05, 4.69) is 10.6 Å². The van der Waals surface area contributed by atoms with Gasteiger partial charge in [0.25, 0.3) is 5.91 Å². The standard InChI is InChI=1S/C19H17Cl3N2O4/c1-11-2-4-13(9-15(11)22)23-18(26)10-28-19(27)7-6-17(25)24-16-8-12(20)3-5-14(16)21/h2-5,8-9H,6-7,10H2,1H3,(H,23,26)(H,24,25). The molecule has 0 spiro atoms. The van der Waals surface area contributed by atoms with Crippen LogP contribution in [0.1, 0.15) is 18.4 Å². The normalized spacial score (nSPS) is 10.3. The molecule has 2 aromatic carbocycles. The van der Waals surface area contributed by atoms with E-state index in [0.29, 0.717) is 26.4 Å². The first-order valence-corrected chi connectivity index (χ1v) is 9.34. The van der Waals surface area contributed by atoms with E-state index < -0.39 is 24.4 Å². The second-order valence-corrected chi connectivity index (χ2v) is 7.10. The number of aryl methyl sites for hydroxylation is 1. The van der Waals surface area contributed by atoms with Crippen molar-refractivity contribution in [3.05, 3.63) is 57.0 Å². The zero-order valence-corrected chi connectivity index (χ0v) is 17.1. The zero-order chi connectivity index (χ0) is 20.7. The molecule has 0 radical (unpaired) electrons. The average molecular weight is 444 g/mol. The van der Waals surface area contributed by atoms with Gasteiger partial charge in [0.15, 0.2) is 6.61 Å². The second kappa shape index (κ2) is 10.3. The van der Waals surface area contributed by atoms with Crippen molar-refractivity contribution < 1.29 is 19.1 Å². The third-order valence-electron chi connectivity index (χ3n) is 3.58. The summed E-state index contributed by atoms with van der Waals surface area (Å²) in [5, 5.41) is 6.38. The number of anilines is 2. The molecule has 9 heteroatoms. The van der Waals surface area contributed by atoms with Crippen molar-refractivity contribution in [2.24, 2.45) is 0 Å². The Bertz CT molecular complexity index is 903. The Hall–Kier alpha value is -2.28. The van der Waals surface area contributed by atoms with Crippen molar-refractivity contribution >= 4 is 64.0 Å². The molecule has 0 aliphatic heterocycles. The minimum absolute atomic E-state index is 0.128. The second-order valence-electron chi connectivity index (χ2n) is 5.85. The maximum absolute atomic E-state index is 11.9. The highest BCUT2D eigenvalue weighted by Crippen LogP contribution is 2.25. The molecule has 0 saturated carbocycles. The molecule has 0 saturated heterocycles. The predicted octanol–water partition coefficient (Wildman–Crippen LogP) is 4.86. The lowest BCUT2D eigenvalue weighted by molar-refractivity contribution is -0.147. The van der Waals surface area contributed by atoms with E-state index >= 15 is 0 Å². The number of benzene rings is 2. The number of nitrogens with one attached hydrogen (secondary N) is 2. The summed E-state index contributed by atoms with van der Waals surface area (Å²) in [5.41, 5.74) is 1.72. The van der Waals surface area contributed by atoms with Gasteiger partial charge in [-0.1, -0.05) is 40.9 Å². The number of hydrogen-bond donors (Lipinski definition) is 2. The van der Waals surface area contributed by atoms with Gasteiger partial charge in [0.1, 0.15) is 0 Å². The fraction of sp³-hybridized carbons (Fsp3) is 0.211. The lowest BCUT2D eigenvalue weighted by Crippen LogP contribution is -2.21. The summed E-state index contributed by atoms with van der Waals surface area (Å²) in [7, 11) is 0. The van der Waals surface area contributed by atoms with E-state index in [0.717, 1.165) is 5.56 Å². The van der Waals surface area contributed by atoms with Crippen LogP contribution in [0, 0.1) is 6.92 Å². The quantitative estimate of drug-likeness (QED) is 0.599. The lowest BCUT2D eigenvalue weighted by Gasteiger charge is -2.09. The van der Waals surface area contributed by atoms with Gasteiger partial charge in [0, 0.05) is 22.2 Å². The lowest BCUT2D eigenvalue weighted by atomic mass is 10.2. The first-order chi connectivity index (χ1) is 13.2. The van der Waals surface area contributed by atoms with Gasteiger partial charge in [-0.25, -0.2) is 0 Å². The molecule has 0 aromatic heterocycles. The van der Waals surface area contributed by atoms with Crippen LogP contribution in [0.3, 0.4) is 0 Å². The van der Waals surface area contributed by atoms with Crippen molar-refractivity contribution in [2.45, 2.75) is 19.8 Å². The number of halogens is 3. The van der Waals surface area contributed by atoms with Gasteiger partial charge in [0.2, 0.25) is 5.91 Å². The summed E-state index contributed by atoms with van der Waals surface area (Å²) < 4.78 is 4.86. The molecular weight excluding hydrogens is 427 g/mol. The molecule has 0 heterocycles. The SMILES string of the molecule is Cc1ccc(NC(=O)COC(=O)CCC(=O)Nc2cc(Cl)ccc2Cl)cc1Cl. The van der Waals surface area contributed by atoms with Crippen LogP contribution < -0.4 is 10.6 Å². The topological polar surface area (TPSA) is 84.5 Å². The van der Waals surface area contributed by atoms with Crippen molar-refractivity contribution in [3.8, 4) is 0 Å². The molecule has 28 heavy (non-hydrogen) atoms. The Morgan fingerprint density at radius 1 is 0.893 bits per heavy atom. The molecule has 0 fully saturated rings. The number of amides is 2. The highest BCUT2D eigenvalue weighted by atomic mass is 35.5. The van der Waals surface area contributed by atoms with Gasteiger partial charge in [-0.3, -0.25) is 14.4 Å². The van der Waals surface area contributed by atoms with Crippen molar-refractivity contribution in [1.29, 1.82) is 0 Å². The van der Waals surface area contributed by atoms with Crippen molar-refractivity contribution in [3.63, 3.8) is 0 Å². The van der Waals surface area contributed by atoms with E-state index in [1.54, 1.807) is 30.3 Å². The smallest absolute Gasteiger partial charge is 0.306 e. The van der Waals surface area contributed by atoms with E-state index in [1.807, 2.05) is 6.92 Å². The van der Waals surface area contributed by atoms with Crippen LogP contribution in [-0.4, -0.2) is 24.4 Å². The van der Waals surface area contributed by atoms with Gasteiger partial charge in [-0.05, 0) is 42.8 Å². The summed E-state index contributed by atoms with van der Waals surface area (Å²) in [4.78, 5) is 35.5. The summed E-state index contributed by atoms with van der Waals surface area (Å²) >= 11 is 17.8. The van der Waals surface area contributed by atoms with Gasteiger partial charge < -0.3 is 15.4 Å². The zero-order valence-electron chi connectivity index (χ0n) is 14.9. The Balaban J connectivity index is 1.73. The van der Waals surface area contributed by atoms with E-state index in [4.69, 9.17) is 39.5 Å². The van der Waals surface area contributed by atoms with Crippen LogP contribution in [0.15, 0.2) is 36.4 Å². The molecule has 148 valence electrons. The van der Waals surface area contributed by atoms with Crippen LogP contribution >= 0.6 is 34.8 Å². The molecule has 0 unspecified atom stereocenters. The molecule has 2 N–H and O–H groups in total. The molecule has 0 aliphatic carbocycles. The third kappa shape index (κ3) is 7.03. The maximum atomic E-state index is 11.9. The molecule has 2 aromatic rings. The Morgan fingerprint density at radius 3 is 2.36 bits per heavy atom. The molecule has 0 aliphatic rings. The monoisotopic (exact) mass is 442 g/mol. The fourth-order valence-corrected chi connectivity index (χ4v) is 2.62. The highest BCUT2D eigenvalue weighted by Gasteiger charge is 2.12. The molecule has 0 atom stereocenters. The third-order valence-corrected chi connectivity index (χ3v) is 4.55. The summed E-state index contributed by atoms with van der Waals surface area (Å²) in [6, 6.07) is 9.69. The van der Waals surface area contributed by atoms with E-state index in [9.17, 15) is 14.4 Å². The van der Waals surface area contributed by atoms with Crippen LogP contribution in [0.5, 0.6) is 0 Å². The minimum Gasteiger partial charge on any atom is -0.456 e. The number of esters is 1. The van der Waals surface area contributed by atoms with Crippen LogP contribution in [-0.2, 0) is 19.1 Å². The van der Waals surface area contributed by atoms with Crippen molar-refractivity contribution in [2.75, 3.05) is 17.2 Å². The minimum atomic E-state index is -0.676. The number of carbonyl (C=O) groups excluding carboxylic acids is 3.